The molecule has 0 aromatic rings. The summed E-state index contributed by atoms with van der Waals surface area (Å²) in [5.74, 6) is 0. The molecule has 7 nitrogen and oxygen atoms in total. The molecule has 76 valence electrons. The predicted octanol–water partition coefficient (Wildman–Crippen LogP) is 0.256. The molecule has 1 aliphatic carbocycles. The lowest BCUT2D eigenvalue weighted by atomic mass is 10.0. The number of hydrogen-bond acceptors (Lipinski definition) is 5. The van der Waals surface area contributed by atoms with E-state index >= 15 is 0 Å². The van der Waals surface area contributed by atoms with Crippen LogP contribution in [0.25, 0.3) is 0 Å². The van der Waals surface area contributed by atoms with Crippen molar-refractivity contribution in [3.05, 3.63) is 44.2 Å². The highest BCUT2D eigenvalue weighted by Gasteiger charge is 2.48. The van der Waals surface area contributed by atoms with Crippen molar-refractivity contribution in [3.8, 4) is 0 Å². The first-order valence-corrected chi connectivity index (χ1v) is 3.90. The van der Waals surface area contributed by atoms with Crippen molar-refractivity contribution in [3.63, 3.8) is 0 Å². The number of hydrogen-bond donors (Lipinski definition) is 1. The van der Waals surface area contributed by atoms with E-state index in [0.29, 0.717) is 0 Å². The van der Waals surface area contributed by atoms with Crippen LogP contribution in [0.4, 0.5) is 0 Å². The van der Waals surface area contributed by atoms with E-state index in [4.69, 9.17) is 17.3 Å². The smallest absolute Gasteiger partial charge is 0.317 e. The van der Waals surface area contributed by atoms with Gasteiger partial charge >= 0.3 is 5.00 Å². The van der Waals surface area contributed by atoms with Gasteiger partial charge in [0.1, 0.15) is 6.04 Å². The van der Waals surface area contributed by atoms with Gasteiger partial charge in [-0.15, -0.1) is 0 Å². The van der Waals surface area contributed by atoms with Gasteiger partial charge in [0.25, 0.3) is 5.70 Å². The second-order valence-electron chi connectivity index (χ2n) is 2.70. The summed E-state index contributed by atoms with van der Waals surface area (Å²) in [5, 5.41) is 20.9. The number of rotatable bonds is 2. The number of alkyl halides is 1. The topological polar surface area (TPSA) is 112 Å². The Morgan fingerprint density at radius 3 is 2.50 bits per heavy atom. The molecule has 0 bridgehead atoms. The fourth-order valence-electron chi connectivity index (χ4n) is 0.977. The van der Waals surface area contributed by atoms with Crippen LogP contribution in [0.5, 0.6) is 0 Å². The molecule has 0 radical (unpaired) electrons. The Kier molecular flexibility index (Phi) is 2.54. The molecule has 2 atom stereocenters. The first kappa shape index (κ1) is 10.6. The standard InChI is InChI=1S/C6H6ClN3O4/c7-6(10(13)14)3-4(9(11)12)1-2-5(6)8/h1-3,5H,8H2. The molecule has 0 amide bonds. The molecule has 2 N–H and O–H groups in total. The number of nitrogens with two attached hydrogens (primary N) is 1. The van der Waals surface area contributed by atoms with E-state index in [9.17, 15) is 20.2 Å². The fourth-order valence-corrected chi connectivity index (χ4v) is 1.16. The van der Waals surface area contributed by atoms with Crippen LogP contribution in [0.15, 0.2) is 23.9 Å². The zero-order valence-electron chi connectivity index (χ0n) is 6.79. The maximum absolute atomic E-state index is 10.5. The minimum atomic E-state index is -2.13. The Bertz CT molecular complexity index is 353. The lowest BCUT2D eigenvalue weighted by Crippen LogP contribution is -2.48. The van der Waals surface area contributed by atoms with Crippen molar-refractivity contribution in [2.75, 3.05) is 0 Å². The largest absolute Gasteiger partial charge is 0.338 e. The van der Waals surface area contributed by atoms with Crippen LogP contribution in [0.3, 0.4) is 0 Å². The van der Waals surface area contributed by atoms with E-state index in [0.717, 1.165) is 18.2 Å². The Morgan fingerprint density at radius 2 is 2.07 bits per heavy atom. The predicted molar refractivity (Wildman–Crippen MR) is 47.8 cm³/mol. The van der Waals surface area contributed by atoms with E-state index in [1.54, 1.807) is 0 Å². The van der Waals surface area contributed by atoms with Crippen LogP contribution < -0.4 is 5.73 Å². The number of halogens is 1. The van der Waals surface area contributed by atoms with Crippen molar-refractivity contribution in [2.45, 2.75) is 11.0 Å². The van der Waals surface area contributed by atoms with Gasteiger partial charge in [-0.3, -0.25) is 20.2 Å². The monoisotopic (exact) mass is 219 g/mol. The lowest BCUT2D eigenvalue weighted by Gasteiger charge is -2.20. The second kappa shape index (κ2) is 3.35. The summed E-state index contributed by atoms with van der Waals surface area (Å²) in [4.78, 5) is 17.1. The van der Waals surface area contributed by atoms with Crippen LogP contribution >= 0.6 is 11.6 Å². The van der Waals surface area contributed by atoms with Crippen LogP contribution in [0.2, 0.25) is 0 Å². The normalized spacial score (nSPS) is 31.0. The van der Waals surface area contributed by atoms with Crippen molar-refractivity contribution in [2.24, 2.45) is 5.73 Å². The average molecular weight is 220 g/mol. The molecule has 0 saturated heterocycles. The van der Waals surface area contributed by atoms with Crippen LogP contribution in [-0.4, -0.2) is 20.9 Å². The zero-order chi connectivity index (χ0) is 10.9. The summed E-state index contributed by atoms with van der Waals surface area (Å²) < 4.78 is 0. The third-order valence-corrected chi connectivity index (χ3v) is 2.28. The highest BCUT2D eigenvalue weighted by Crippen LogP contribution is 2.28. The van der Waals surface area contributed by atoms with Gasteiger partial charge in [0.2, 0.25) is 0 Å². The molecule has 8 heteroatoms. The molecule has 0 aromatic carbocycles. The van der Waals surface area contributed by atoms with Gasteiger partial charge in [0, 0.05) is 11.0 Å². The molecule has 2 unspecified atom stereocenters. The van der Waals surface area contributed by atoms with Gasteiger partial charge in [0.05, 0.1) is 11.0 Å². The first-order valence-electron chi connectivity index (χ1n) is 3.52. The summed E-state index contributed by atoms with van der Waals surface area (Å²) in [6, 6.07) is -1.08. The van der Waals surface area contributed by atoms with Crippen LogP contribution in [-0.2, 0) is 0 Å². The van der Waals surface area contributed by atoms with E-state index < -0.39 is 26.6 Å². The molecule has 1 rings (SSSR count). The molecule has 0 aromatic heterocycles. The van der Waals surface area contributed by atoms with E-state index in [1.807, 2.05) is 0 Å². The lowest BCUT2D eigenvalue weighted by molar-refractivity contribution is -0.531. The molecule has 0 fully saturated rings. The van der Waals surface area contributed by atoms with Gasteiger partial charge < -0.3 is 5.73 Å². The average Bonchev–Trinajstić information content (AvgIpc) is 2.09. The highest BCUT2D eigenvalue weighted by molar-refractivity contribution is 6.24. The quantitative estimate of drug-likeness (QED) is 0.310. The van der Waals surface area contributed by atoms with Gasteiger partial charge in [-0.1, -0.05) is 6.08 Å². The van der Waals surface area contributed by atoms with Crippen molar-refractivity contribution < 1.29 is 9.85 Å². The molecule has 0 heterocycles. The molecule has 0 saturated carbocycles. The van der Waals surface area contributed by atoms with E-state index in [2.05, 4.69) is 0 Å². The minimum absolute atomic E-state index is 0.432. The second-order valence-corrected chi connectivity index (χ2v) is 3.30. The van der Waals surface area contributed by atoms with E-state index in [-0.39, 0.29) is 0 Å². The molecular weight excluding hydrogens is 214 g/mol. The van der Waals surface area contributed by atoms with Gasteiger partial charge in [0.15, 0.2) is 0 Å². The summed E-state index contributed by atoms with van der Waals surface area (Å²) in [5.41, 5.74) is 4.92. The molecule has 1 aliphatic rings. The third-order valence-electron chi connectivity index (χ3n) is 1.78. The summed E-state index contributed by atoms with van der Waals surface area (Å²) in [6.45, 7) is 0. The number of nitrogens with zero attached hydrogens (tertiary/aromatic N) is 2. The zero-order valence-corrected chi connectivity index (χ0v) is 7.55. The SMILES string of the molecule is NC1C=CC([N+](=O)[O-])=CC1(Cl)[N+](=O)[O-]. The Morgan fingerprint density at radius 1 is 1.50 bits per heavy atom. The molecule has 14 heavy (non-hydrogen) atoms. The Balaban J connectivity index is 3.14. The Hall–Kier alpha value is -1.47. The van der Waals surface area contributed by atoms with Gasteiger partial charge in [-0.25, -0.2) is 0 Å². The maximum atomic E-state index is 10.5. The van der Waals surface area contributed by atoms with Crippen molar-refractivity contribution in [1.29, 1.82) is 0 Å². The highest BCUT2D eigenvalue weighted by atomic mass is 35.5. The number of allylic oxidation sites excluding steroid dienone is 1. The third kappa shape index (κ3) is 1.59. The molecule has 0 aliphatic heterocycles. The van der Waals surface area contributed by atoms with Crippen molar-refractivity contribution >= 4 is 11.6 Å². The summed E-state index contributed by atoms with van der Waals surface area (Å²) in [7, 11) is 0. The van der Waals surface area contributed by atoms with Crippen LogP contribution in [0.1, 0.15) is 0 Å². The fraction of sp³-hybridized carbons (Fsp3) is 0.333. The molecular formula is C6H6ClN3O4. The first-order chi connectivity index (χ1) is 6.38. The summed E-state index contributed by atoms with van der Waals surface area (Å²) in [6.07, 6.45) is 2.96. The Labute approximate surface area is 83.1 Å². The van der Waals surface area contributed by atoms with Crippen LogP contribution in [0, 0.1) is 20.2 Å². The number of nitro groups is 2. The van der Waals surface area contributed by atoms with Gasteiger partial charge in [-0.05, 0) is 11.6 Å². The van der Waals surface area contributed by atoms with E-state index in [1.165, 1.54) is 0 Å². The maximum Gasteiger partial charge on any atom is 0.338 e. The summed E-state index contributed by atoms with van der Waals surface area (Å²) >= 11 is 5.54. The van der Waals surface area contributed by atoms with Gasteiger partial charge in [-0.2, -0.15) is 0 Å². The minimum Gasteiger partial charge on any atom is -0.317 e. The molecule has 0 spiro atoms. The van der Waals surface area contributed by atoms with Crippen molar-refractivity contribution in [1.82, 2.24) is 0 Å².